The standard InChI is InChI=1S/C32H22ClN5O5/c33-17-13-14-24(25(15-17)38(42)43)37-30(40)27-26-18-7-1-4-10-21(18)32(28(27)31(37)41,22-11-5-2-8-19(22)26)16-35-36-29(39)20-9-3-6-12-23(20)34/h1-16,26-28H,34H2,(H,36,39)/b35-16-/t26?,27-,28-,32?/m1/s1. The molecule has 3 aliphatic carbocycles. The lowest BCUT2D eigenvalue weighted by molar-refractivity contribution is -0.384. The van der Waals surface area contributed by atoms with Crippen LogP contribution in [0.4, 0.5) is 17.1 Å². The highest BCUT2D eigenvalue weighted by Crippen LogP contribution is 2.64. The number of hydrazone groups is 1. The van der Waals surface area contributed by atoms with Crippen molar-refractivity contribution < 1.29 is 19.3 Å². The van der Waals surface area contributed by atoms with Gasteiger partial charge in [0.25, 0.3) is 11.6 Å². The SMILES string of the molecule is Nc1ccccc1C(=O)N/N=C\C12c3ccccc3C(c3ccccc31)[C@H]1C(=O)N(c3ccc(Cl)cc3[N+](=O)[O-])C(=O)[C@@H]12. The summed E-state index contributed by atoms with van der Waals surface area (Å²) in [4.78, 5) is 54.0. The number of carbonyl (C=O) groups is 3. The molecule has 0 unspecified atom stereocenters. The molecule has 43 heavy (non-hydrogen) atoms. The first-order chi connectivity index (χ1) is 20.8. The smallest absolute Gasteiger partial charge is 0.294 e. The topological polar surface area (TPSA) is 148 Å². The summed E-state index contributed by atoms with van der Waals surface area (Å²) in [6.45, 7) is 0. The molecule has 3 amide bonds. The van der Waals surface area contributed by atoms with E-state index in [2.05, 4.69) is 10.5 Å². The second kappa shape index (κ2) is 9.60. The molecule has 1 saturated heterocycles. The fourth-order valence-corrected chi connectivity index (χ4v) is 7.24. The van der Waals surface area contributed by atoms with Crippen molar-refractivity contribution in [2.45, 2.75) is 11.3 Å². The molecule has 3 N–H and O–H groups in total. The van der Waals surface area contributed by atoms with Crippen LogP contribution in [0.15, 0.2) is 96.1 Å². The molecule has 8 rings (SSSR count). The zero-order chi connectivity index (χ0) is 30.0. The summed E-state index contributed by atoms with van der Waals surface area (Å²) in [5.41, 5.74) is 10.4. The molecule has 4 aromatic rings. The number of imide groups is 1. The Bertz CT molecular complexity index is 1880. The van der Waals surface area contributed by atoms with E-state index in [0.717, 1.165) is 33.2 Å². The molecule has 2 atom stereocenters. The first-order valence-corrected chi connectivity index (χ1v) is 13.8. The van der Waals surface area contributed by atoms with E-state index in [1.165, 1.54) is 18.3 Å². The number of hydrogen-bond acceptors (Lipinski definition) is 7. The number of halogens is 1. The molecule has 11 heteroatoms. The third kappa shape index (κ3) is 3.66. The van der Waals surface area contributed by atoms with Gasteiger partial charge < -0.3 is 5.73 Å². The summed E-state index contributed by atoms with van der Waals surface area (Å²) >= 11 is 6.05. The molecule has 4 aliphatic rings. The van der Waals surface area contributed by atoms with Gasteiger partial charge in [-0.1, -0.05) is 72.3 Å². The number of benzene rings is 4. The Morgan fingerprint density at radius 1 is 0.953 bits per heavy atom. The van der Waals surface area contributed by atoms with E-state index in [1.54, 1.807) is 24.3 Å². The zero-order valence-corrected chi connectivity index (χ0v) is 23.1. The number of nitrogens with zero attached hydrogens (tertiary/aromatic N) is 3. The van der Waals surface area contributed by atoms with E-state index in [9.17, 15) is 24.5 Å². The summed E-state index contributed by atoms with van der Waals surface area (Å²) in [7, 11) is 0. The van der Waals surface area contributed by atoms with Gasteiger partial charge in [0.05, 0.1) is 27.7 Å². The average Bonchev–Trinajstić information content (AvgIpc) is 3.28. The molecule has 10 nitrogen and oxygen atoms in total. The lowest BCUT2D eigenvalue weighted by Crippen LogP contribution is -2.54. The summed E-state index contributed by atoms with van der Waals surface area (Å²) in [6.07, 6.45) is 1.51. The van der Waals surface area contributed by atoms with E-state index >= 15 is 0 Å². The number of nitrogens with one attached hydrogen (secondary N) is 1. The summed E-state index contributed by atoms with van der Waals surface area (Å²) in [5, 5.41) is 16.5. The van der Waals surface area contributed by atoms with Crippen molar-refractivity contribution in [1.29, 1.82) is 0 Å². The van der Waals surface area contributed by atoms with Crippen molar-refractivity contribution >= 4 is 52.6 Å². The largest absolute Gasteiger partial charge is 0.398 e. The fraction of sp³-hybridized carbons (Fsp3) is 0.125. The predicted molar refractivity (Wildman–Crippen MR) is 160 cm³/mol. The summed E-state index contributed by atoms with van der Waals surface area (Å²) in [5.74, 6) is -4.03. The van der Waals surface area contributed by atoms with Crippen LogP contribution in [0, 0.1) is 22.0 Å². The maximum absolute atomic E-state index is 14.5. The lowest BCUT2D eigenvalue weighted by atomic mass is 9.47. The maximum Gasteiger partial charge on any atom is 0.294 e. The van der Waals surface area contributed by atoms with Crippen LogP contribution in [0.3, 0.4) is 0 Å². The molecule has 0 saturated carbocycles. The molecule has 2 bridgehead atoms. The number of carbonyl (C=O) groups excluding carboxylic acids is 3. The van der Waals surface area contributed by atoms with Crippen LogP contribution < -0.4 is 16.1 Å². The van der Waals surface area contributed by atoms with Crippen LogP contribution in [0.25, 0.3) is 0 Å². The number of nitrogens with two attached hydrogens (primary N) is 1. The van der Waals surface area contributed by atoms with Crippen LogP contribution in [-0.2, 0) is 15.0 Å². The first-order valence-electron chi connectivity index (χ1n) is 13.5. The van der Waals surface area contributed by atoms with Crippen LogP contribution in [0.2, 0.25) is 5.02 Å². The number of amides is 3. The van der Waals surface area contributed by atoms with Crippen molar-refractivity contribution in [3.05, 3.63) is 134 Å². The minimum atomic E-state index is -1.27. The number of para-hydroxylation sites is 1. The van der Waals surface area contributed by atoms with Crippen molar-refractivity contribution in [2.24, 2.45) is 16.9 Å². The highest BCUT2D eigenvalue weighted by Gasteiger charge is 2.68. The molecule has 4 aromatic carbocycles. The van der Waals surface area contributed by atoms with Crippen molar-refractivity contribution in [3.8, 4) is 0 Å². The Balaban J connectivity index is 1.42. The van der Waals surface area contributed by atoms with Gasteiger partial charge >= 0.3 is 0 Å². The van der Waals surface area contributed by atoms with E-state index in [1.807, 2.05) is 48.5 Å². The molecule has 1 heterocycles. The van der Waals surface area contributed by atoms with Gasteiger partial charge in [0.1, 0.15) is 5.69 Å². The van der Waals surface area contributed by atoms with Crippen LogP contribution in [0.5, 0.6) is 0 Å². The molecule has 212 valence electrons. The quantitative estimate of drug-likeness (QED) is 0.112. The Hall–Kier alpha value is -5.35. The Labute approximate surface area is 249 Å². The van der Waals surface area contributed by atoms with Gasteiger partial charge in [-0.15, -0.1) is 0 Å². The van der Waals surface area contributed by atoms with E-state index < -0.39 is 51.5 Å². The molecular formula is C32H22ClN5O5. The average molecular weight is 592 g/mol. The van der Waals surface area contributed by atoms with Gasteiger partial charge in [-0.2, -0.15) is 5.10 Å². The van der Waals surface area contributed by atoms with Gasteiger partial charge in [0.2, 0.25) is 11.8 Å². The summed E-state index contributed by atoms with van der Waals surface area (Å²) < 4.78 is 0. The number of anilines is 2. The number of hydrogen-bond donors (Lipinski definition) is 2. The minimum absolute atomic E-state index is 0.102. The van der Waals surface area contributed by atoms with Crippen LogP contribution in [0.1, 0.15) is 38.5 Å². The Morgan fingerprint density at radius 3 is 2.23 bits per heavy atom. The van der Waals surface area contributed by atoms with Crippen molar-refractivity contribution in [2.75, 3.05) is 10.6 Å². The number of nitrogen functional groups attached to an aromatic ring is 1. The van der Waals surface area contributed by atoms with Gasteiger partial charge in [-0.3, -0.25) is 24.5 Å². The number of rotatable bonds is 5. The number of nitro benzene ring substituents is 1. The third-order valence-corrected chi connectivity index (χ3v) is 8.93. The number of nitro groups is 1. The Morgan fingerprint density at radius 2 is 1.58 bits per heavy atom. The zero-order valence-electron chi connectivity index (χ0n) is 22.3. The fourth-order valence-electron chi connectivity index (χ4n) is 7.08. The van der Waals surface area contributed by atoms with Crippen LogP contribution >= 0.6 is 11.6 Å². The molecule has 0 radical (unpaired) electrons. The van der Waals surface area contributed by atoms with Gasteiger partial charge in [0.15, 0.2) is 0 Å². The lowest BCUT2D eigenvalue weighted by Gasteiger charge is -2.52. The van der Waals surface area contributed by atoms with Crippen LogP contribution in [-0.4, -0.2) is 28.9 Å². The molecule has 1 aliphatic heterocycles. The van der Waals surface area contributed by atoms with Gasteiger partial charge in [0, 0.05) is 28.9 Å². The first kappa shape index (κ1) is 26.5. The third-order valence-electron chi connectivity index (χ3n) is 8.70. The van der Waals surface area contributed by atoms with E-state index in [0.29, 0.717) is 0 Å². The molecule has 0 spiro atoms. The normalized spacial score (nSPS) is 23.2. The molecular weight excluding hydrogens is 570 g/mol. The second-order valence-electron chi connectivity index (χ2n) is 10.7. The predicted octanol–water partition coefficient (Wildman–Crippen LogP) is 4.80. The second-order valence-corrected chi connectivity index (χ2v) is 11.1. The Kier molecular flexibility index (Phi) is 5.93. The maximum atomic E-state index is 14.5. The van der Waals surface area contributed by atoms with Gasteiger partial charge in [-0.05, 0) is 46.5 Å². The van der Waals surface area contributed by atoms with Gasteiger partial charge in [-0.25, -0.2) is 10.3 Å². The van der Waals surface area contributed by atoms with Crippen molar-refractivity contribution in [1.82, 2.24) is 5.43 Å². The van der Waals surface area contributed by atoms with E-state index in [4.69, 9.17) is 17.3 Å². The summed E-state index contributed by atoms with van der Waals surface area (Å²) in [6, 6.07) is 25.5. The van der Waals surface area contributed by atoms with E-state index in [-0.39, 0.29) is 22.0 Å². The minimum Gasteiger partial charge on any atom is -0.398 e. The monoisotopic (exact) mass is 591 g/mol. The molecule has 1 fully saturated rings. The highest BCUT2D eigenvalue weighted by atomic mass is 35.5. The molecule has 0 aromatic heterocycles. The van der Waals surface area contributed by atoms with Crippen molar-refractivity contribution in [3.63, 3.8) is 0 Å². The highest BCUT2D eigenvalue weighted by molar-refractivity contribution is 6.31.